The molecule has 0 spiro atoms. The summed E-state index contributed by atoms with van der Waals surface area (Å²) in [5, 5.41) is 6.10. The highest BCUT2D eigenvalue weighted by atomic mass is 35.5. The molecule has 0 saturated carbocycles. The molecule has 2 aromatic rings. The van der Waals surface area contributed by atoms with Gasteiger partial charge in [-0.1, -0.05) is 35.4 Å². The molecule has 23 heavy (non-hydrogen) atoms. The van der Waals surface area contributed by atoms with E-state index in [4.69, 9.17) is 11.6 Å². The number of carbonyl (C=O) groups excluding carboxylic acids is 2. The van der Waals surface area contributed by atoms with Crippen molar-refractivity contribution in [1.29, 1.82) is 0 Å². The fourth-order valence-corrected chi connectivity index (χ4v) is 2.25. The van der Waals surface area contributed by atoms with Crippen LogP contribution in [0.4, 0.5) is 5.69 Å². The van der Waals surface area contributed by atoms with Crippen LogP contribution in [0.2, 0.25) is 5.02 Å². The SMILES string of the molecule is Cc1cccc(C(=O)NCCC(=O)Nc2ccc(C)c(Cl)c2)c1. The van der Waals surface area contributed by atoms with Crippen molar-refractivity contribution in [1.82, 2.24) is 5.32 Å². The molecule has 0 aliphatic rings. The fourth-order valence-electron chi connectivity index (χ4n) is 2.07. The van der Waals surface area contributed by atoms with Crippen molar-refractivity contribution in [3.05, 3.63) is 64.2 Å². The molecule has 0 aliphatic carbocycles. The van der Waals surface area contributed by atoms with Crippen molar-refractivity contribution in [3.63, 3.8) is 0 Å². The van der Waals surface area contributed by atoms with Gasteiger partial charge in [-0.15, -0.1) is 0 Å². The van der Waals surface area contributed by atoms with Crippen LogP contribution in [0.3, 0.4) is 0 Å². The zero-order valence-electron chi connectivity index (χ0n) is 13.2. The van der Waals surface area contributed by atoms with Gasteiger partial charge in [-0.25, -0.2) is 0 Å². The van der Waals surface area contributed by atoms with Gasteiger partial charge in [-0.05, 0) is 43.7 Å². The second kappa shape index (κ2) is 7.79. The molecule has 0 unspecified atom stereocenters. The molecule has 120 valence electrons. The Balaban J connectivity index is 1.80. The van der Waals surface area contributed by atoms with Crippen LogP contribution in [0.25, 0.3) is 0 Å². The van der Waals surface area contributed by atoms with Crippen LogP contribution in [-0.2, 0) is 4.79 Å². The standard InChI is InChI=1S/C18H19ClN2O2/c1-12-4-3-5-14(10-12)18(23)20-9-8-17(22)21-15-7-6-13(2)16(19)11-15/h3-7,10-11H,8-9H2,1-2H3,(H,20,23)(H,21,22). The first-order chi connectivity index (χ1) is 11.0. The Labute approximate surface area is 140 Å². The summed E-state index contributed by atoms with van der Waals surface area (Å²) in [5.41, 5.74) is 3.22. The normalized spacial score (nSPS) is 10.2. The first kappa shape index (κ1) is 17.0. The minimum atomic E-state index is -0.181. The summed E-state index contributed by atoms with van der Waals surface area (Å²) in [7, 11) is 0. The van der Waals surface area contributed by atoms with Crippen molar-refractivity contribution in [2.75, 3.05) is 11.9 Å². The van der Waals surface area contributed by atoms with Crippen molar-refractivity contribution < 1.29 is 9.59 Å². The molecule has 5 heteroatoms. The molecule has 2 N–H and O–H groups in total. The average molecular weight is 331 g/mol. The first-order valence-corrected chi connectivity index (χ1v) is 7.74. The molecule has 4 nitrogen and oxygen atoms in total. The highest BCUT2D eigenvalue weighted by Crippen LogP contribution is 2.19. The van der Waals surface area contributed by atoms with E-state index < -0.39 is 0 Å². The molecule has 0 heterocycles. The maximum Gasteiger partial charge on any atom is 0.251 e. The van der Waals surface area contributed by atoms with E-state index in [0.29, 0.717) is 16.3 Å². The van der Waals surface area contributed by atoms with Gasteiger partial charge >= 0.3 is 0 Å². The molecule has 0 saturated heterocycles. The summed E-state index contributed by atoms with van der Waals surface area (Å²) < 4.78 is 0. The number of amides is 2. The monoisotopic (exact) mass is 330 g/mol. The number of anilines is 1. The lowest BCUT2D eigenvalue weighted by Gasteiger charge is -2.08. The summed E-state index contributed by atoms with van der Waals surface area (Å²) >= 11 is 6.02. The van der Waals surface area contributed by atoms with Crippen LogP contribution in [0, 0.1) is 13.8 Å². The Kier molecular flexibility index (Phi) is 5.77. The summed E-state index contributed by atoms with van der Waals surface area (Å²) in [6.07, 6.45) is 0.197. The van der Waals surface area contributed by atoms with Crippen molar-refractivity contribution in [2.24, 2.45) is 0 Å². The number of carbonyl (C=O) groups is 2. The highest BCUT2D eigenvalue weighted by molar-refractivity contribution is 6.31. The van der Waals surface area contributed by atoms with Crippen molar-refractivity contribution in [2.45, 2.75) is 20.3 Å². The summed E-state index contributed by atoms with van der Waals surface area (Å²) in [6, 6.07) is 12.7. The number of nitrogens with one attached hydrogen (secondary N) is 2. The number of aryl methyl sites for hydroxylation is 2. The minimum absolute atomic E-state index is 0.172. The van der Waals surface area contributed by atoms with E-state index in [-0.39, 0.29) is 24.8 Å². The molecule has 0 radical (unpaired) electrons. The molecule has 2 rings (SSSR count). The van der Waals surface area contributed by atoms with Gasteiger partial charge in [0.15, 0.2) is 0 Å². The zero-order chi connectivity index (χ0) is 16.8. The molecule has 0 aromatic heterocycles. The van der Waals surface area contributed by atoms with Crippen LogP contribution < -0.4 is 10.6 Å². The van der Waals surface area contributed by atoms with Gasteiger partial charge in [-0.3, -0.25) is 9.59 Å². The smallest absolute Gasteiger partial charge is 0.251 e. The summed E-state index contributed by atoms with van der Waals surface area (Å²) in [5.74, 6) is -0.352. The molecule has 0 aliphatic heterocycles. The predicted octanol–water partition coefficient (Wildman–Crippen LogP) is 3.72. The van der Waals surface area contributed by atoms with Crippen molar-refractivity contribution in [3.8, 4) is 0 Å². The number of benzene rings is 2. The topological polar surface area (TPSA) is 58.2 Å². The second-order valence-electron chi connectivity index (χ2n) is 5.39. The first-order valence-electron chi connectivity index (χ1n) is 7.36. The van der Waals surface area contributed by atoms with E-state index in [1.165, 1.54) is 0 Å². The zero-order valence-corrected chi connectivity index (χ0v) is 13.9. The van der Waals surface area contributed by atoms with Gasteiger partial charge in [0.2, 0.25) is 5.91 Å². The molecular formula is C18H19ClN2O2. The van der Waals surface area contributed by atoms with E-state index in [2.05, 4.69) is 10.6 Å². The fraction of sp³-hybridized carbons (Fsp3) is 0.222. The van der Waals surface area contributed by atoms with Crippen LogP contribution in [0.5, 0.6) is 0 Å². The van der Waals surface area contributed by atoms with Crippen LogP contribution in [0.15, 0.2) is 42.5 Å². The van der Waals surface area contributed by atoms with Gasteiger partial charge < -0.3 is 10.6 Å². The van der Waals surface area contributed by atoms with Gasteiger partial charge in [0.05, 0.1) is 0 Å². The molecule has 2 aromatic carbocycles. The second-order valence-corrected chi connectivity index (χ2v) is 5.79. The lowest BCUT2D eigenvalue weighted by Crippen LogP contribution is -2.27. The van der Waals surface area contributed by atoms with E-state index in [0.717, 1.165) is 11.1 Å². The average Bonchev–Trinajstić information content (AvgIpc) is 2.51. The molecular weight excluding hydrogens is 312 g/mol. The lowest BCUT2D eigenvalue weighted by molar-refractivity contribution is -0.116. The summed E-state index contributed by atoms with van der Waals surface area (Å²) in [4.78, 5) is 23.8. The van der Waals surface area contributed by atoms with E-state index in [9.17, 15) is 9.59 Å². The maximum absolute atomic E-state index is 12.0. The van der Waals surface area contributed by atoms with Gasteiger partial charge in [0.25, 0.3) is 5.91 Å². The summed E-state index contributed by atoms with van der Waals surface area (Å²) in [6.45, 7) is 4.10. The van der Waals surface area contributed by atoms with Gasteiger partial charge in [-0.2, -0.15) is 0 Å². The third kappa shape index (κ3) is 5.11. The molecule has 0 atom stereocenters. The quantitative estimate of drug-likeness (QED) is 0.878. The lowest BCUT2D eigenvalue weighted by atomic mass is 10.1. The molecule has 0 fully saturated rings. The Morgan fingerprint density at radius 2 is 1.87 bits per heavy atom. The highest BCUT2D eigenvalue weighted by Gasteiger charge is 2.07. The third-order valence-electron chi connectivity index (χ3n) is 3.37. The van der Waals surface area contributed by atoms with E-state index in [1.54, 1.807) is 18.2 Å². The van der Waals surface area contributed by atoms with E-state index in [1.807, 2.05) is 38.1 Å². The van der Waals surface area contributed by atoms with E-state index >= 15 is 0 Å². The van der Waals surface area contributed by atoms with Crippen molar-refractivity contribution >= 4 is 29.1 Å². The van der Waals surface area contributed by atoms with Crippen LogP contribution in [0.1, 0.15) is 27.9 Å². The Bertz CT molecular complexity index is 729. The van der Waals surface area contributed by atoms with Crippen LogP contribution in [-0.4, -0.2) is 18.4 Å². The molecule has 0 bridgehead atoms. The van der Waals surface area contributed by atoms with Crippen LogP contribution >= 0.6 is 11.6 Å². The minimum Gasteiger partial charge on any atom is -0.352 e. The maximum atomic E-state index is 12.0. The Morgan fingerprint density at radius 1 is 1.09 bits per heavy atom. The number of halogens is 1. The largest absolute Gasteiger partial charge is 0.352 e. The number of hydrogen-bond donors (Lipinski definition) is 2. The van der Waals surface area contributed by atoms with Gasteiger partial charge in [0, 0.05) is 29.2 Å². The number of hydrogen-bond acceptors (Lipinski definition) is 2. The molecule has 2 amide bonds. The Hall–Kier alpha value is -2.33. The predicted molar refractivity (Wildman–Crippen MR) is 92.9 cm³/mol. The number of rotatable bonds is 5. The Morgan fingerprint density at radius 3 is 2.57 bits per heavy atom. The third-order valence-corrected chi connectivity index (χ3v) is 3.78. The van der Waals surface area contributed by atoms with Gasteiger partial charge in [0.1, 0.15) is 0 Å².